The lowest BCUT2D eigenvalue weighted by atomic mass is 9.73. The molecule has 1 aliphatic carbocycles. The predicted octanol–water partition coefficient (Wildman–Crippen LogP) is 3.96. The van der Waals surface area contributed by atoms with Crippen LogP contribution < -0.4 is 11.1 Å². The van der Waals surface area contributed by atoms with Crippen molar-refractivity contribution in [1.82, 2.24) is 5.32 Å². The number of carbonyl (C=O) groups excluding carboxylic acids is 1. The van der Waals surface area contributed by atoms with Crippen molar-refractivity contribution in [1.29, 1.82) is 0 Å². The third-order valence-electron chi connectivity index (χ3n) is 4.59. The van der Waals surface area contributed by atoms with Crippen molar-refractivity contribution in [3.63, 3.8) is 0 Å². The first kappa shape index (κ1) is 15.1. The third-order valence-corrected chi connectivity index (χ3v) is 5.71. The van der Waals surface area contributed by atoms with Crippen LogP contribution in [0.15, 0.2) is 41.8 Å². The molecular formula is C18H22N2OS. The Morgan fingerprint density at radius 2 is 2.00 bits per heavy atom. The molecule has 0 spiro atoms. The van der Waals surface area contributed by atoms with E-state index < -0.39 is 0 Å². The number of hydrogen-bond donors (Lipinski definition) is 2. The van der Waals surface area contributed by atoms with Gasteiger partial charge >= 0.3 is 0 Å². The third kappa shape index (κ3) is 3.17. The molecule has 116 valence electrons. The van der Waals surface area contributed by atoms with E-state index in [0.717, 1.165) is 12.8 Å². The van der Waals surface area contributed by atoms with Crippen LogP contribution in [-0.4, -0.2) is 12.5 Å². The van der Waals surface area contributed by atoms with Gasteiger partial charge in [0.2, 0.25) is 0 Å². The molecule has 1 aromatic heterocycles. The molecule has 0 atom stereocenters. The maximum atomic E-state index is 12.4. The molecule has 1 aromatic carbocycles. The van der Waals surface area contributed by atoms with Crippen LogP contribution in [0.5, 0.6) is 0 Å². The van der Waals surface area contributed by atoms with Crippen molar-refractivity contribution in [2.75, 3.05) is 12.3 Å². The van der Waals surface area contributed by atoms with Gasteiger partial charge in [0.1, 0.15) is 0 Å². The number of carbonyl (C=O) groups is 1. The van der Waals surface area contributed by atoms with E-state index in [-0.39, 0.29) is 11.3 Å². The molecule has 22 heavy (non-hydrogen) atoms. The summed E-state index contributed by atoms with van der Waals surface area (Å²) in [6.45, 7) is 0.709. The van der Waals surface area contributed by atoms with Crippen molar-refractivity contribution in [3.8, 4) is 0 Å². The highest BCUT2D eigenvalue weighted by atomic mass is 32.1. The number of nitrogen functional groups attached to an aromatic ring is 1. The first-order valence-electron chi connectivity index (χ1n) is 7.87. The summed E-state index contributed by atoms with van der Waals surface area (Å²) in [5.74, 6) is -0.0335. The Labute approximate surface area is 135 Å². The lowest BCUT2D eigenvalue weighted by Gasteiger charge is -2.36. The molecule has 1 heterocycles. The summed E-state index contributed by atoms with van der Waals surface area (Å²) in [4.78, 5) is 13.8. The number of thiophene rings is 1. The Kier molecular flexibility index (Phi) is 4.48. The SMILES string of the molecule is Nc1cccc(C(=O)NCC2(c3cccs3)CCCCC2)c1. The molecule has 0 saturated heterocycles. The molecule has 0 aliphatic heterocycles. The van der Waals surface area contributed by atoms with Crippen LogP contribution in [0.25, 0.3) is 0 Å². The maximum Gasteiger partial charge on any atom is 0.251 e. The lowest BCUT2D eigenvalue weighted by molar-refractivity contribution is 0.0937. The smallest absolute Gasteiger partial charge is 0.251 e. The molecule has 0 radical (unpaired) electrons. The molecule has 0 unspecified atom stereocenters. The number of nitrogens with two attached hydrogens (primary N) is 1. The average molecular weight is 314 g/mol. The predicted molar refractivity (Wildman–Crippen MR) is 92.3 cm³/mol. The Hall–Kier alpha value is -1.81. The topological polar surface area (TPSA) is 55.1 Å². The van der Waals surface area contributed by atoms with Crippen molar-refractivity contribution in [2.24, 2.45) is 0 Å². The second kappa shape index (κ2) is 6.53. The highest BCUT2D eigenvalue weighted by molar-refractivity contribution is 7.10. The van der Waals surface area contributed by atoms with Gasteiger partial charge in [0.15, 0.2) is 0 Å². The number of hydrogen-bond acceptors (Lipinski definition) is 3. The summed E-state index contributed by atoms with van der Waals surface area (Å²) in [7, 11) is 0. The van der Waals surface area contributed by atoms with Crippen molar-refractivity contribution >= 4 is 22.9 Å². The molecule has 4 heteroatoms. The Morgan fingerprint density at radius 1 is 1.18 bits per heavy atom. The minimum Gasteiger partial charge on any atom is -0.399 e. The van der Waals surface area contributed by atoms with Crippen molar-refractivity contribution < 1.29 is 4.79 Å². The number of anilines is 1. The second-order valence-electron chi connectivity index (χ2n) is 6.13. The zero-order valence-electron chi connectivity index (χ0n) is 12.7. The van der Waals surface area contributed by atoms with Crippen LogP contribution >= 0.6 is 11.3 Å². The molecule has 1 fully saturated rings. The van der Waals surface area contributed by atoms with Gasteiger partial charge in [-0.2, -0.15) is 0 Å². The largest absolute Gasteiger partial charge is 0.399 e. The Balaban J connectivity index is 1.73. The molecule has 2 aromatic rings. The standard InChI is InChI=1S/C18H22N2OS/c19-15-7-4-6-14(12-15)17(21)20-13-18(9-2-1-3-10-18)16-8-5-11-22-16/h4-8,11-12H,1-3,9-10,13,19H2,(H,20,21). The number of amides is 1. The minimum atomic E-state index is -0.0335. The molecule has 3 nitrogen and oxygen atoms in total. The molecule has 0 bridgehead atoms. The van der Waals surface area contributed by atoms with Crippen molar-refractivity contribution in [3.05, 3.63) is 52.2 Å². The van der Waals surface area contributed by atoms with Gasteiger partial charge in [-0.15, -0.1) is 11.3 Å². The van der Waals surface area contributed by atoms with Crippen LogP contribution in [0.4, 0.5) is 5.69 Å². The number of nitrogens with one attached hydrogen (secondary N) is 1. The minimum absolute atomic E-state index is 0.0335. The Bertz CT molecular complexity index is 630. The summed E-state index contributed by atoms with van der Waals surface area (Å²) in [5.41, 5.74) is 7.13. The van der Waals surface area contributed by atoms with Crippen LogP contribution in [0, 0.1) is 0 Å². The zero-order chi connectivity index (χ0) is 15.4. The van der Waals surface area contributed by atoms with Gasteiger partial charge in [0.25, 0.3) is 5.91 Å². The van der Waals surface area contributed by atoms with E-state index in [9.17, 15) is 4.79 Å². The average Bonchev–Trinajstić information content (AvgIpc) is 3.09. The zero-order valence-corrected chi connectivity index (χ0v) is 13.5. The van der Waals surface area contributed by atoms with Crippen LogP contribution in [0.2, 0.25) is 0 Å². The fourth-order valence-electron chi connectivity index (χ4n) is 3.35. The number of benzene rings is 1. The van der Waals surface area contributed by atoms with E-state index in [2.05, 4.69) is 22.8 Å². The van der Waals surface area contributed by atoms with Crippen LogP contribution in [0.1, 0.15) is 47.3 Å². The van der Waals surface area contributed by atoms with Crippen LogP contribution in [-0.2, 0) is 5.41 Å². The summed E-state index contributed by atoms with van der Waals surface area (Å²) in [5, 5.41) is 5.27. The number of rotatable bonds is 4. The fraction of sp³-hybridized carbons (Fsp3) is 0.389. The molecule has 3 rings (SSSR count). The van der Waals surface area contributed by atoms with Gasteiger partial charge in [-0.3, -0.25) is 4.79 Å². The van der Waals surface area contributed by atoms with Crippen LogP contribution in [0.3, 0.4) is 0 Å². The summed E-state index contributed by atoms with van der Waals surface area (Å²) < 4.78 is 0. The van der Waals surface area contributed by atoms with Gasteiger partial charge in [0.05, 0.1) is 0 Å². The quantitative estimate of drug-likeness (QED) is 0.839. The maximum absolute atomic E-state index is 12.4. The monoisotopic (exact) mass is 314 g/mol. The lowest BCUT2D eigenvalue weighted by Crippen LogP contribution is -2.41. The van der Waals surface area contributed by atoms with Gasteiger partial charge in [-0.25, -0.2) is 0 Å². The highest BCUT2D eigenvalue weighted by Gasteiger charge is 2.35. The van der Waals surface area contributed by atoms with E-state index in [4.69, 9.17) is 5.73 Å². The first-order chi connectivity index (χ1) is 10.7. The fourth-order valence-corrected chi connectivity index (χ4v) is 4.34. The highest BCUT2D eigenvalue weighted by Crippen LogP contribution is 2.41. The van der Waals surface area contributed by atoms with Gasteiger partial charge in [0, 0.05) is 28.1 Å². The Morgan fingerprint density at radius 3 is 2.68 bits per heavy atom. The molecule has 1 aliphatic rings. The normalized spacial score (nSPS) is 17.1. The van der Waals surface area contributed by atoms with E-state index in [1.165, 1.54) is 24.1 Å². The first-order valence-corrected chi connectivity index (χ1v) is 8.75. The van der Waals surface area contributed by atoms with Crippen molar-refractivity contribution in [2.45, 2.75) is 37.5 Å². The molecular weight excluding hydrogens is 292 g/mol. The van der Waals surface area contributed by atoms with E-state index >= 15 is 0 Å². The molecule has 3 N–H and O–H groups in total. The summed E-state index contributed by atoms with van der Waals surface area (Å²) >= 11 is 1.81. The summed E-state index contributed by atoms with van der Waals surface area (Å²) in [6, 6.07) is 11.5. The summed E-state index contributed by atoms with van der Waals surface area (Å²) in [6.07, 6.45) is 6.10. The molecule has 1 amide bonds. The van der Waals surface area contributed by atoms with Gasteiger partial charge < -0.3 is 11.1 Å². The van der Waals surface area contributed by atoms with E-state index in [1.54, 1.807) is 23.5 Å². The van der Waals surface area contributed by atoms with E-state index in [0.29, 0.717) is 17.8 Å². The second-order valence-corrected chi connectivity index (χ2v) is 7.07. The molecule has 1 saturated carbocycles. The van der Waals surface area contributed by atoms with E-state index in [1.807, 2.05) is 12.1 Å². The van der Waals surface area contributed by atoms with Gasteiger partial charge in [-0.05, 0) is 42.5 Å². The van der Waals surface area contributed by atoms with Gasteiger partial charge in [-0.1, -0.05) is 31.4 Å².